The zero-order valence-electron chi connectivity index (χ0n) is 27.3. The standard InChI is InChI=1S/C28H41N3O2.C5H12.C2H6/c1-6-20(2)28(23(5)32)24-12-8-7-9-13-25(24)29-19-27(33)31-17-15-30(16-18-31)26-14-10-11-21(3)22(26)4;1-3-5-4-2;1-2/h10-11,14,29H,6-9,12-13,15-19H2,1-5H3;3-5H2,1-2H3;1-2H3/b28-20+;;. The van der Waals surface area contributed by atoms with Crippen LogP contribution in [0.5, 0.6) is 0 Å². The van der Waals surface area contributed by atoms with Gasteiger partial charge < -0.3 is 15.1 Å². The maximum Gasteiger partial charge on any atom is 0.241 e. The molecule has 2 aliphatic rings. The molecule has 5 heteroatoms. The van der Waals surface area contributed by atoms with Gasteiger partial charge in [0.1, 0.15) is 0 Å². The number of allylic oxidation sites excluding steroid dienone is 4. The number of anilines is 1. The average Bonchev–Trinajstić information content (AvgIpc) is 3.20. The fraction of sp³-hybridized carbons (Fsp3) is 0.657. The van der Waals surface area contributed by atoms with Gasteiger partial charge in [0.25, 0.3) is 0 Å². The maximum absolute atomic E-state index is 13.0. The third-order valence-corrected chi connectivity index (χ3v) is 8.04. The number of carbonyl (C=O) groups is 2. The van der Waals surface area contributed by atoms with Crippen molar-refractivity contribution in [2.24, 2.45) is 0 Å². The van der Waals surface area contributed by atoms with Gasteiger partial charge in [-0.3, -0.25) is 9.59 Å². The van der Waals surface area contributed by atoms with Gasteiger partial charge in [0.15, 0.2) is 5.78 Å². The molecule has 1 amide bonds. The quantitative estimate of drug-likeness (QED) is 0.313. The van der Waals surface area contributed by atoms with Crippen LogP contribution < -0.4 is 10.2 Å². The smallest absolute Gasteiger partial charge is 0.241 e. The molecule has 1 aromatic rings. The van der Waals surface area contributed by atoms with Crippen molar-refractivity contribution < 1.29 is 9.59 Å². The van der Waals surface area contributed by atoms with E-state index in [0.29, 0.717) is 6.54 Å². The summed E-state index contributed by atoms with van der Waals surface area (Å²) in [6, 6.07) is 6.44. The number of hydrogen-bond acceptors (Lipinski definition) is 4. The van der Waals surface area contributed by atoms with Gasteiger partial charge in [-0.15, -0.1) is 0 Å². The van der Waals surface area contributed by atoms with E-state index in [0.717, 1.165) is 80.7 Å². The molecule has 0 radical (unpaired) electrons. The minimum Gasteiger partial charge on any atom is -0.379 e. The lowest BCUT2D eigenvalue weighted by Crippen LogP contribution is -2.51. The Hall–Kier alpha value is -2.56. The molecule has 40 heavy (non-hydrogen) atoms. The SMILES string of the molecule is CC.CC/C(C)=C(\C(C)=O)C1=C(NCC(=O)N2CCN(c3cccc(C)c3C)CC2)CCCCC1.CCCCC. The van der Waals surface area contributed by atoms with Crippen molar-refractivity contribution in [1.29, 1.82) is 0 Å². The number of nitrogens with zero attached hydrogens (tertiary/aromatic N) is 2. The molecule has 1 aliphatic carbocycles. The molecule has 5 nitrogen and oxygen atoms in total. The maximum atomic E-state index is 13.0. The molecule has 1 heterocycles. The first-order chi connectivity index (χ1) is 19.2. The Morgan fingerprint density at radius 1 is 0.875 bits per heavy atom. The fourth-order valence-corrected chi connectivity index (χ4v) is 5.42. The summed E-state index contributed by atoms with van der Waals surface area (Å²) in [6.07, 6.45) is 10.1. The highest BCUT2D eigenvalue weighted by molar-refractivity contribution is 5.98. The molecule has 0 aromatic heterocycles. The average molecular weight is 554 g/mol. The van der Waals surface area contributed by atoms with Crippen LogP contribution in [-0.2, 0) is 9.59 Å². The minimum atomic E-state index is 0.138. The summed E-state index contributed by atoms with van der Waals surface area (Å²) in [4.78, 5) is 29.9. The van der Waals surface area contributed by atoms with E-state index in [1.807, 2.05) is 18.7 Å². The first-order valence-corrected chi connectivity index (χ1v) is 16.0. The van der Waals surface area contributed by atoms with Crippen molar-refractivity contribution in [2.75, 3.05) is 37.6 Å². The topological polar surface area (TPSA) is 52.7 Å². The van der Waals surface area contributed by atoms with Crippen molar-refractivity contribution in [1.82, 2.24) is 10.2 Å². The monoisotopic (exact) mass is 553 g/mol. The molecule has 1 N–H and O–H groups in total. The van der Waals surface area contributed by atoms with E-state index in [2.05, 4.69) is 70.0 Å². The van der Waals surface area contributed by atoms with Crippen molar-refractivity contribution in [3.05, 3.63) is 51.7 Å². The van der Waals surface area contributed by atoms with Gasteiger partial charge in [0.2, 0.25) is 5.91 Å². The van der Waals surface area contributed by atoms with Crippen LogP contribution in [-0.4, -0.2) is 49.3 Å². The number of aryl methyl sites for hydroxylation is 1. The first kappa shape index (κ1) is 35.5. The second-order valence-corrected chi connectivity index (χ2v) is 10.9. The van der Waals surface area contributed by atoms with Gasteiger partial charge in [-0.1, -0.05) is 78.0 Å². The lowest BCUT2D eigenvalue weighted by molar-refractivity contribution is -0.130. The lowest BCUT2D eigenvalue weighted by Gasteiger charge is -2.37. The predicted octanol–water partition coefficient (Wildman–Crippen LogP) is 8.30. The highest BCUT2D eigenvalue weighted by Gasteiger charge is 2.24. The fourth-order valence-electron chi connectivity index (χ4n) is 5.42. The van der Waals surface area contributed by atoms with Crippen LogP contribution in [0.4, 0.5) is 5.69 Å². The van der Waals surface area contributed by atoms with Crippen molar-refractivity contribution in [2.45, 2.75) is 120 Å². The summed E-state index contributed by atoms with van der Waals surface area (Å²) < 4.78 is 0. The van der Waals surface area contributed by atoms with E-state index in [4.69, 9.17) is 0 Å². The van der Waals surface area contributed by atoms with Crippen LogP contribution in [0, 0.1) is 13.8 Å². The Bertz CT molecular complexity index is 982. The van der Waals surface area contributed by atoms with Gasteiger partial charge in [0, 0.05) is 43.1 Å². The highest BCUT2D eigenvalue weighted by Crippen LogP contribution is 2.31. The van der Waals surface area contributed by atoms with E-state index in [-0.39, 0.29) is 11.7 Å². The van der Waals surface area contributed by atoms with E-state index in [1.165, 1.54) is 42.5 Å². The minimum absolute atomic E-state index is 0.138. The molecule has 0 spiro atoms. The third kappa shape index (κ3) is 10.8. The summed E-state index contributed by atoms with van der Waals surface area (Å²) in [5.41, 5.74) is 8.19. The molecule has 1 fully saturated rings. The van der Waals surface area contributed by atoms with Crippen LogP contribution in [0.15, 0.2) is 40.6 Å². The predicted molar refractivity (Wildman–Crippen MR) is 173 cm³/mol. The molecular weight excluding hydrogens is 494 g/mol. The van der Waals surface area contributed by atoms with Gasteiger partial charge in [-0.05, 0) is 82.6 Å². The van der Waals surface area contributed by atoms with Gasteiger partial charge in [0.05, 0.1) is 6.54 Å². The molecule has 226 valence electrons. The van der Waals surface area contributed by atoms with Crippen LogP contribution >= 0.6 is 0 Å². The summed E-state index contributed by atoms with van der Waals surface area (Å²) in [6.45, 7) is 22.1. The van der Waals surface area contributed by atoms with E-state index >= 15 is 0 Å². The number of hydrogen-bond donors (Lipinski definition) is 1. The summed E-state index contributed by atoms with van der Waals surface area (Å²) in [7, 11) is 0. The molecule has 1 aliphatic heterocycles. The zero-order valence-corrected chi connectivity index (χ0v) is 27.3. The van der Waals surface area contributed by atoms with Crippen LogP contribution in [0.3, 0.4) is 0 Å². The molecule has 1 saturated heterocycles. The molecule has 0 unspecified atom stereocenters. The van der Waals surface area contributed by atoms with Crippen LogP contribution in [0.25, 0.3) is 0 Å². The molecule has 0 atom stereocenters. The number of rotatable bonds is 9. The van der Waals surface area contributed by atoms with Crippen LogP contribution in [0.2, 0.25) is 0 Å². The molecule has 0 saturated carbocycles. The van der Waals surface area contributed by atoms with E-state index in [1.54, 1.807) is 6.92 Å². The third-order valence-electron chi connectivity index (χ3n) is 8.04. The Morgan fingerprint density at radius 3 is 2.05 bits per heavy atom. The largest absolute Gasteiger partial charge is 0.379 e. The van der Waals surface area contributed by atoms with Crippen molar-refractivity contribution in [3.8, 4) is 0 Å². The molecular formula is C35H59N3O2. The Kier molecular flexibility index (Phi) is 17.3. The normalized spacial score (nSPS) is 16.1. The van der Waals surface area contributed by atoms with Crippen molar-refractivity contribution >= 4 is 17.4 Å². The summed E-state index contributed by atoms with van der Waals surface area (Å²) in [5.74, 6) is 0.284. The Labute approximate surface area is 246 Å². The van der Waals surface area contributed by atoms with Crippen molar-refractivity contribution in [3.63, 3.8) is 0 Å². The lowest BCUT2D eigenvalue weighted by atomic mass is 9.91. The number of nitrogens with one attached hydrogen (secondary N) is 1. The summed E-state index contributed by atoms with van der Waals surface area (Å²) >= 11 is 0. The number of carbonyl (C=O) groups excluding carboxylic acids is 2. The molecule has 0 bridgehead atoms. The zero-order chi connectivity index (χ0) is 30.1. The molecule has 1 aromatic carbocycles. The number of benzene rings is 1. The number of ketones is 1. The summed E-state index contributed by atoms with van der Waals surface area (Å²) in [5, 5.41) is 3.47. The van der Waals surface area contributed by atoms with Crippen LogP contribution in [0.1, 0.15) is 117 Å². The second kappa shape index (κ2) is 19.5. The Balaban J connectivity index is 0.00000103. The number of amides is 1. The van der Waals surface area contributed by atoms with Gasteiger partial charge in [-0.2, -0.15) is 0 Å². The molecule has 3 rings (SSSR count). The number of Topliss-reactive ketones (excluding diaryl/α,β-unsaturated/α-hetero) is 1. The van der Waals surface area contributed by atoms with Gasteiger partial charge >= 0.3 is 0 Å². The van der Waals surface area contributed by atoms with E-state index < -0.39 is 0 Å². The number of piperazine rings is 1. The highest BCUT2D eigenvalue weighted by atomic mass is 16.2. The number of unbranched alkanes of at least 4 members (excludes halogenated alkanes) is 2. The van der Waals surface area contributed by atoms with Gasteiger partial charge in [-0.25, -0.2) is 0 Å². The Morgan fingerprint density at radius 2 is 1.50 bits per heavy atom. The second-order valence-electron chi connectivity index (χ2n) is 10.9. The first-order valence-electron chi connectivity index (χ1n) is 16.0. The van der Waals surface area contributed by atoms with E-state index in [9.17, 15) is 9.59 Å².